The number of hydrogen-bond donors (Lipinski definition) is 2. The van der Waals surface area contributed by atoms with Gasteiger partial charge in [-0.1, -0.05) is 42.5 Å². The minimum Gasteiger partial charge on any atom is -0.496 e. The second-order valence-corrected chi connectivity index (χ2v) is 14.3. The molecule has 1 unspecified atom stereocenters. The third-order valence-corrected chi connectivity index (χ3v) is 9.23. The number of piperidine rings is 1. The molecule has 10 nitrogen and oxygen atoms in total. The Hall–Kier alpha value is -4.28. The van der Waals surface area contributed by atoms with Gasteiger partial charge in [0.15, 0.2) is 0 Å². The number of amides is 2. The van der Waals surface area contributed by atoms with Gasteiger partial charge in [0.25, 0.3) is 0 Å². The van der Waals surface area contributed by atoms with Crippen molar-refractivity contribution in [3.63, 3.8) is 0 Å². The van der Waals surface area contributed by atoms with Crippen LogP contribution in [0.25, 0.3) is 0 Å². The summed E-state index contributed by atoms with van der Waals surface area (Å²) in [6, 6.07) is 22.6. The molecule has 0 spiro atoms. The van der Waals surface area contributed by atoms with Gasteiger partial charge in [-0.2, -0.15) is 0 Å². The van der Waals surface area contributed by atoms with Crippen molar-refractivity contribution in [2.75, 3.05) is 51.8 Å². The van der Waals surface area contributed by atoms with Crippen LogP contribution < -0.4 is 20.1 Å². The van der Waals surface area contributed by atoms with E-state index >= 15 is 0 Å². The van der Waals surface area contributed by atoms with Gasteiger partial charge in [0.2, 0.25) is 5.91 Å². The number of benzene rings is 3. The molecule has 1 saturated heterocycles. The number of hydrogen-bond acceptors (Lipinski definition) is 8. The summed E-state index contributed by atoms with van der Waals surface area (Å²) in [6.07, 6.45) is 3.32. The van der Waals surface area contributed by atoms with Crippen molar-refractivity contribution >= 4 is 17.7 Å². The summed E-state index contributed by atoms with van der Waals surface area (Å²) >= 11 is 0. The number of fused-ring (bicyclic) bond motifs is 1. The van der Waals surface area contributed by atoms with Gasteiger partial charge >= 0.3 is 6.09 Å². The molecule has 2 aliphatic rings. The summed E-state index contributed by atoms with van der Waals surface area (Å²) in [6.45, 7) is 11.2. The highest BCUT2D eigenvalue weighted by Gasteiger charge is 2.37. The summed E-state index contributed by atoms with van der Waals surface area (Å²) in [4.78, 5) is 26.8. The first-order valence-electron chi connectivity index (χ1n) is 18.3. The first-order valence-corrected chi connectivity index (χ1v) is 18.3. The number of anilines is 1. The Balaban J connectivity index is 1.26. The molecule has 5 rings (SSSR count). The Kier molecular flexibility index (Phi) is 13.6. The van der Waals surface area contributed by atoms with E-state index in [1.807, 2.05) is 57.2 Å². The fourth-order valence-corrected chi connectivity index (χ4v) is 6.68. The molecular formula is C41H55N3O7. The lowest BCUT2D eigenvalue weighted by Crippen LogP contribution is -2.48. The van der Waals surface area contributed by atoms with E-state index in [9.17, 15) is 9.59 Å². The van der Waals surface area contributed by atoms with Crippen molar-refractivity contribution < 1.29 is 33.3 Å². The molecule has 0 bridgehead atoms. The van der Waals surface area contributed by atoms with Crippen LogP contribution in [-0.4, -0.2) is 75.1 Å². The summed E-state index contributed by atoms with van der Waals surface area (Å²) < 4.78 is 30.1. The molecular weight excluding hydrogens is 646 g/mol. The van der Waals surface area contributed by atoms with Gasteiger partial charge in [-0.05, 0) is 87.4 Å². The van der Waals surface area contributed by atoms with Gasteiger partial charge in [0, 0.05) is 50.1 Å². The van der Waals surface area contributed by atoms with E-state index in [1.54, 1.807) is 12.0 Å². The smallest absolute Gasteiger partial charge is 0.410 e. The average Bonchev–Trinajstić information content (AvgIpc) is 3.12. The summed E-state index contributed by atoms with van der Waals surface area (Å²) in [5.41, 5.74) is 5.05. The first kappa shape index (κ1) is 38.0. The van der Waals surface area contributed by atoms with E-state index < -0.39 is 5.60 Å². The zero-order valence-electron chi connectivity index (χ0n) is 30.9. The number of methoxy groups -OCH3 is 1. The number of rotatable bonds is 15. The Labute approximate surface area is 303 Å². The Morgan fingerprint density at radius 3 is 2.61 bits per heavy atom. The van der Waals surface area contributed by atoms with E-state index in [0.29, 0.717) is 45.9 Å². The zero-order valence-corrected chi connectivity index (χ0v) is 30.9. The highest BCUT2D eigenvalue weighted by atomic mass is 16.6. The SMILES string of the molecule is COc1ccccc1COCCCOc1ccc([C@H]2CCN(C(=O)OC(C)(C)C)C[C@@H]2OC(CCNC(C)=O)c2ccc3c(c2)NCCC3)cc1. The molecule has 0 saturated carbocycles. The van der Waals surface area contributed by atoms with Crippen LogP contribution in [0, 0.1) is 0 Å². The molecule has 0 aromatic heterocycles. The van der Waals surface area contributed by atoms with Gasteiger partial charge in [0.1, 0.15) is 17.1 Å². The molecule has 2 N–H and O–H groups in total. The second kappa shape index (κ2) is 18.3. The van der Waals surface area contributed by atoms with Crippen molar-refractivity contribution in [1.29, 1.82) is 0 Å². The van der Waals surface area contributed by atoms with Crippen LogP contribution in [0.1, 0.15) is 87.7 Å². The molecule has 2 aliphatic heterocycles. The fourth-order valence-electron chi connectivity index (χ4n) is 6.68. The minimum atomic E-state index is -0.599. The van der Waals surface area contributed by atoms with Crippen molar-refractivity contribution in [2.45, 2.75) is 90.1 Å². The standard InChI is InChI=1S/C41H55N3O7/c1-29(45)42-22-19-38(32-14-13-31-11-8-21-43-36(31)26-32)50-39-27-44(40(46)51-41(2,3)4)23-20-35(39)30-15-17-34(18-16-30)49-25-9-24-48-28-33-10-6-7-12-37(33)47-5/h6-7,10,12-18,26,35,38-39,43H,8-9,11,19-25,27-28H2,1-5H3,(H,42,45)/t35-,38?,39+/m1/s1. The molecule has 2 amide bonds. The van der Waals surface area contributed by atoms with Gasteiger partial charge in [-0.25, -0.2) is 4.79 Å². The quantitative estimate of drug-likeness (QED) is 0.158. The van der Waals surface area contributed by atoms with Crippen molar-refractivity contribution in [3.05, 3.63) is 89.0 Å². The van der Waals surface area contributed by atoms with Crippen molar-refractivity contribution in [1.82, 2.24) is 10.2 Å². The number of likely N-dealkylation sites (tertiary alicyclic amines) is 1. The number of para-hydroxylation sites is 1. The van der Waals surface area contributed by atoms with Crippen molar-refractivity contribution in [2.24, 2.45) is 0 Å². The molecule has 276 valence electrons. The maximum Gasteiger partial charge on any atom is 0.410 e. The maximum absolute atomic E-state index is 13.2. The van der Waals surface area contributed by atoms with E-state index in [2.05, 4.69) is 41.0 Å². The first-order chi connectivity index (χ1) is 24.6. The number of nitrogens with zero attached hydrogens (tertiary/aromatic N) is 1. The number of nitrogens with one attached hydrogen (secondary N) is 2. The average molecular weight is 702 g/mol. The summed E-state index contributed by atoms with van der Waals surface area (Å²) in [5.74, 6) is 1.59. The predicted molar refractivity (Wildman–Crippen MR) is 199 cm³/mol. The molecule has 2 heterocycles. The highest BCUT2D eigenvalue weighted by molar-refractivity contribution is 5.72. The molecule has 3 aromatic rings. The molecule has 3 aromatic carbocycles. The van der Waals surface area contributed by atoms with Gasteiger partial charge in [-0.3, -0.25) is 4.79 Å². The van der Waals surface area contributed by atoms with Crippen LogP contribution in [0.15, 0.2) is 66.7 Å². The van der Waals surface area contributed by atoms with Crippen LogP contribution in [0.3, 0.4) is 0 Å². The molecule has 1 fully saturated rings. The predicted octanol–water partition coefficient (Wildman–Crippen LogP) is 7.42. The number of aryl methyl sites for hydroxylation is 1. The lowest BCUT2D eigenvalue weighted by atomic mass is 9.86. The number of carbonyl (C=O) groups excluding carboxylic acids is 2. The van der Waals surface area contributed by atoms with Gasteiger partial charge in [-0.15, -0.1) is 0 Å². The van der Waals surface area contributed by atoms with Crippen LogP contribution in [0.5, 0.6) is 11.5 Å². The lowest BCUT2D eigenvalue weighted by Gasteiger charge is -2.40. The minimum absolute atomic E-state index is 0.0418. The van der Waals surface area contributed by atoms with Crippen LogP contribution in [-0.2, 0) is 32.0 Å². The Bertz CT molecular complexity index is 1570. The highest BCUT2D eigenvalue weighted by Crippen LogP contribution is 2.37. The molecule has 0 aliphatic carbocycles. The monoisotopic (exact) mass is 701 g/mol. The molecule has 10 heteroatoms. The second-order valence-electron chi connectivity index (χ2n) is 14.3. The third-order valence-electron chi connectivity index (χ3n) is 9.23. The van der Waals surface area contributed by atoms with Crippen LogP contribution >= 0.6 is 0 Å². The van der Waals surface area contributed by atoms with Crippen molar-refractivity contribution in [3.8, 4) is 11.5 Å². The number of carbonyl (C=O) groups is 2. The van der Waals surface area contributed by atoms with Crippen LogP contribution in [0.2, 0.25) is 0 Å². The van der Waals surface area contributed by atoms with Gasteiger partial charge < -0.3 is 39.2 Å². The fraction of sp³-hybridized carbons (Fsp3) is 0.512. The molecule has 0 radical (unpaired) electrons. The normalized spacial score (nSPS) is 17.9. The topological polar surface area (TPSA) is 108 Å². The van der Waals surface area contributed by atoms with E-state index in [4.69, 9.17) is 23.7 Å². The Morgan fingerprint density at radius 1 is 1.04 bits per heavy atom. The van der Waals surface area contributed by atoms with E-state index in [1.165, 1.54) is 12.5 Å². The van der Waals surface area contributed by atoms with E-state index in [-0.39, 0.29) is 30.1 Å². The maximum atomic E-state index is 13.2. The van der Waals surface area contributed by atoms with Gasteiger partial charge in [0.05, 0.1) is 45.7 Å². The zero-order chi connectivity index (χ0) is 36.2. The van der Waals surface area contributed by atoms with Crippen LogP contribution in [0.4, 0.5) is 10.5 Å². The van der Waals surface area contributed by atoms with E-state index in [0.717, 1.165) is 66.1 Å². The lowest BCUT2D eigenvalue weighted by molar-refractivity contribution is -0.119. The summed E-state index contributed by atoms with van der Waals surface area (Å²) in [7, 11) is 1.67. The molecule has 51 heavy (non-hydrogen) atoms. The molecule has 3 atom stereocenters. The third kappa shape index (κ3) is 11.4. The Morgan fingerprint density at radius 2 is 1.84 bits per heavy atom. The number of ether oxygens (including phenoxy) is 5. The largest absolute Gasteiger partial charge is 0.496 e. The summed E-state index contributed by atoms with van der Waals surface area (Å²) in [5, 5.41) is 6.48.